The van der Waals surface area contributed by atoms with E-state index in [-0.39, 0.29) is 17.1 Å². The maximum absolute atomic E-state index is 13.1. The van der Waals surface area contributed by atoms with Crippen molar-refractivity contribution in [3.63, 3.8) is 0 Å². The Labute approximate surface area is 176 Å². The van der Waals surface area contributed by atoms with Gasteiger partial charge in [-0.1, -0.05) is 47.8 Å². The summed E-state index contributed by atoms with van der Waals surface area (Å²) in [6, 6.07) is 7.49. The zero-order valence-electron chi connectivity index (χ0n) is 16.5. The van der Waals surface area contributed by atoms with E-state index in [0.717, 1.165) is 27.3 Å². The van der Waals surface area contributed by atoms with Gasteiger partial charge >= 0.3 is 0 Å². The van der Waals surface area contributed by atoms with Crippen molar-refractivity contribution in [2.45, 2.75) is 40.2 Å². The van der Waals surface area contributed by atoms with Crippen LogP contribution in [0.2, 0.25) is 10.0 Å². The molecule has 0 spiro atoms. The largest absolute Gasteiger partial charge is 0.324 e. The average molecular weight is 443 g/mol. The summed E-state index contributed by atoms with van der Waals surface area (Å²) in [7, 11) is -3.75. The second-order valence-electron chi connectivity index (χ2n) is 6.84. The molecule has 5 nitrogen and oxygen atoms in total. The van der Waals surface area contributed by atoms with Crippen LogP contribution in [0.25, 0.3) is 0 Å². The predicted octanol–water partition coefficient (Wildman–Crippen LogP) is 5.10. The first-order valence-corrected chi connectivity index (χ1v) is 11.4. The van der Waals surface area contributed by atoms with Crippen LogP contribution in [0, 0.1) is 20.8 Å². The van der Waals surface area contributed by atoms with Crippen LogP contribution in [0.15, 0.2) is 30.3 Å². The smallest absolute Gasteiger partial charge is 0.248 e. The molecule has 0 heterocycles. The van der Waals surface area contributed by atoms with Crippen LogP contribution in [0.5, 0.6) is 0 Å². The summed E-state index contributed by atoms with van der Waals surface area (Å²) >= 11 is 12.0. The monoisotopic (exact) mass is 442 g/mol. The minimum Gasteiger partial charge on any atom is -0.324 e. The lowest BCUT2D eigenvalue weighted by Crippen LogP contribution is -2.47. The molecule has 0 fully saturated rings. The third-order valence-electron chi connectivity index (χ3n) is 4.41. The number of aryl methyl sites for hydroxylation is 3. The van der Waals surface area contributed by atoms with Crippen molar-refractivity contribution in [1.82, 2.24) is 0 Å². The summed E-state index contributed by atoms with van der Waals surface area (Å²) < 4.78 is 26.2. The molecule has 1 atom stereocenters. The van der Waals surface area contributed by atoms with E-state index in [9.17, 15) is 13.2 Å². The van der Waals surface area contributed by atoms with Gasteiger partial charge in [-0.3, -0.25) is 9.10 Å². The van der Waals surface area contributed by atoms with Crippen LogP contribution in [-0.4, -0.2) is 26.6 Å². The third-order valence-corrected chi connectivity index (χ3v) is 6.33. The maximum atomic E-state index is 13.1. The third kappa shape index (κ3) is 4.99. The molecule has 2 aromatic rings. The first-order chi connectivity index (χ1) is 13.0. The van der Waals surface area contributed by atoms with E-state index in [1.807, 2.05) is 32.9 Å². The average Bonchev–Trinajstić information content (AvgIpc) is 2.57. The van der Waals surface area contributed by atoms with E-state index < -0.39 is 22.0 Å². The van der Waals surface area contributed by atoms with Crippen LogP contribution < -0.4 is 9.62 Å². The van der Waals surface area contributed by atoms with Gasteiger partial charge in [0.25, 0.3) is 0 Å². The van der Waals surface area contributed by atoms with E-state index in [4.69, 9.17) is 23.2 Å². The zero-order valence-corrected chi connectivity index (χ0v) is 18.8. The second-order valence-corrected chi connectivity index (χ2v) is 9.52. The van der Waals surface area contributed by atoms with Gasteiger partial charge in [-0.2, -0.15) is 0 Å². The number of anilines is 2. The molecule has 152 valence electrons. The highest BCUT2D eigenvalue weighted by Gasteiger charge is 2.32. The van der Waals surface area contributed by atoms with Gasteiger partial charge in [0.15, 0.2) is 0 Å². The molecule has 0 bridgehead atoms. The normalized spacial score (nSPS) is 12.5. The second kappa shape index (κ2) is 8.72. The van der Waals surface area contributed by atoms with E-state index in [1.165, 1.54) is 18.2 Å². The molecule has 0 aliphatic carbocycles. The van der Waals surface area contributed by atoms with Gasteiger partial charge in [0.05, 0.1) is 22.0 Å². The number of nitrogens with one attached hydrogen (secondary N) is 1. The van der Waals surface area contributed by atoms with Gasteiger partial charge in [-0.05, 0) is 56.5 Å². The Morgan fingerprint density at radius 2 is 1.64 bits per heavy atom. The molecule has 8 heteroatoms. The fourth-order valence-corrected chi connectivity index (χ4v) is 4.76. The highest BCUT2D eigenvalue weighted by atomic mass is 35.5. The fraction of sp³-hybridized carbons (Fsp3) is 0.350. The minimum absolute atomic E-state index is 0.216. The van der Waals surface area contributed by atoms with Crippen LogP contribution in [0.1, 0.15) is 30.0 Å². The lowest BCUT2D eigenvalue weighted by Gasteiger charge is -2.30. The van der Waals surface area contributed by atoms with Crippen molar-refractivity contribution in [2.75, 3.05) is 15.9 Å². The number of halogens is 2. The van der Waals surface area contributed by atoms with E-state index in [2.05, 4.69) is 5.32 Å². The lowest BCUT2D eigenvalue weighted by atomic mass is 10.0. The van der Waals surface area contributed by atoms with E-state index >= 15 is 0 Å². The molecule has 0 aromatic heterocycles. The Morgan fingerprint density at radius 1 is 1.07 bits per heavy atom. The topological polar surface area (TPSA) is 66.5 Å². The van der Waals surface area contributed by atoms with Crippen molar-refractivity contribution in [3.05, 3.63) is 57.1 Å². The van der Waals surface area contributed by atoms with Gasteiger partial charge in [0.1, 0.15) is 6.04 Å². The summed E-state index contributed by atoms with van der Waals surface area (Å²) in [6.45, 7) is 7.55. The molecule has 28 heavy (non-hydrogen) atoms. The zero-order chi connectivity index (χ0) is 21.2. The molecule has 0 unspecified atom stereocenters. The molecular formula is C20H24Cl2N2O3S. The first kappa shape index (κ1) is 22.5. The number of sulfonamides is 1. The highest BCUT2D eigenvalue weighted by Crippen LogP contribution is 2.31. The number of hydrogen-bond donors (Lipinski definition) is 1. The van der Waals surface area contributed by atoms with Crippen molar-refractivity contribution in [1.29, 1.82) is 0 Å². The molecule has 0 saturated heterocycles. The Kier molecular flexibility index (Phi) is 7.02. The Balaban J connectivity index is 2.46. The van der Waals surface area contributed by atoms with Crippen LogP contribution in [0.3, 0.4) is 0 Å². The van der Waals surface area contributed by atoms with E-state index in [1.54, 1.807) is 6.92 Å². The Bertz CT molecular complexity index is 984. The Hall–Kier alpha value is -1.76. The summed E-state index contributed by atoms with van der Waals surface area (Å²) in [5.74, 6) is -0.408. The molecule has 0 radical (unpaired) electrons. The van der Waals surface area contributed by atoms with Crippen molar-refractivity contribution in [2.24, 2.45) is 0 Å². The van der Waals surface area contributed by atoms with Gasteiger partial charge in [-0.15, -0.1) is 0 Å². The fourth-order valence-electron chi connectivity index (χ4n) is 3.27. The lowest BCUT2D eigenvalue weighted by molar-refractivity contribution is -0.117. The molecule has 2 aromatic carbocycles. The van der Waals surface area contributed by atoms with Crippen LogP contribution >= 0.6 is 23.2 Å². The number of rotatable bonds is 6. The first-order valence-electron chi connectivity index (χ1n) is 8.78. The SMILES string of the molecule is CC[C@H](C(=O)Nc1c(C)cc(C)cc1C)N(c1ccc(Cl)c(Cl)c1)S(C)(=O)=O. The maximum Gasteiger partial charge on any atom is 0.248 e. The van der Waals surface area contributed by atoms with Gasteiger partial charge < -0.3 is 5.32 Å². The van der Waals surface area contributed by atoms with Crippen LogP contribution in [-0.2, 0) is 14.8 Å². The highest BCUT2D eigenvalue weighted by molar-refractivity contribution is 7.92. The number of carbonyl (C=O) groups is 1. The summed E-state index contributed by atoms with van der Waals surface area (Å²) in [5, 5.41) is 3.42. The minimum atomic E-state index is -3.75. The number of benzene rings is 2. The van der Waals surface area contributed by atoms with Crippen molar-refractivity contribution in [3.8, 4) is 0 Å². The number of carbonyl (C=O) groups excluding carboxylic acids is 1. The molecule has 1 N–H and O–H groups in total. The summed E-state index contributed by atoms with van der Waals surface area (Å²) in [5.41, 5.74) is 3.91. The quantitative estimate of drug-likeness (QED) is 0.676. The molecule has 0 saturated carbocycles. The molecule has 2 rings (SSSR count). The van der Waals surface area contributed by atoms with Gasteiger partial charge in [-0.25, -0.2) is 8.42 Å². The van der Waals surface area contributed by atoms with Gasteiger partial charge in [0.2, 0.25) is 15.9 Å². The molecular weight excluding hydrogens is 419 g/mol. The molecule has 0 aliphatic heterocycles. The van der Waals surface area contributed by atoms with E-state index in [0.29, 0.717) is 10.7 Å². The predicted molar refractivity (Wildman–Crippen MR) is 117 cm³/mol. The van der Waals surface area contributed by atoms with Crippen molar-refractivity contribution >= 4 is 50.5 Å². The number of nitrogens with zero attached hydrogens (tertiary/aromatic N) is 1. The summed E-state index contributed by atoms with van der Waals surface area (Å²) in [4.78, 5) is 13.1. The van der Waals surface area contributed by atoms with Gasteiger partial charge in [0, 0.05) is 5.69 Å². The summed E-state index contributed by atoms with van der Waals surface area (Å²) in [6.07, 6.45) is 1.34. The van der Waals surface area contributed by atoms with Crippen molar-refractivity contribution < 1.29 is 13.2 Å². The number of amides is 1. The Morgan fingerprint density at radius 3 is 2.11 bits per heavy atom. The molecule has 0 aliphatic rings. The molecule has 1 amide bonds. The van der Waals surface area contributed by atoms with Crippen LogP contribution in [0.4, 0.5) is 11.4 Å². The standard InChI is InChI=1S/C20H24Cl2N2O3S/c1-6-18(20(25)23-19-13(3)9-12(2)10-14(19)4)24(28(5,26)27)15-7-8-16(21)17(22)11-15/h7-11,18H,6H2,1-5H3,(H,23,25)/t18-/m1/s1. The number of hydrogen-bond acceptors (Lipinski definition) is 3.